The van der Waals surface area contributed by atoms with Crippen LogP contribution in [0.15, 0.2) is 0 Å². The summed E-state index contributed by atoms with van der Waals surface area (Å²) >= 11 is 0. The zero-order valence-electron chi connectivity index (χ0n) is 9.10. The molecule has 2 N–H and O–H groups in total. The Hall–Kier alpha value is -0.920. The zero-order valence-corrected chi connectivity index (χ0v) is 9.10. The minimum absolute atomic E-state index is 0.114. The van der Waals surface area contributed by atoms with Gasteiger partial charge in [0.25, 0.3) is 0 Å². The highest BCUT2D eigenvalue weighted by atomic mass is 19.4. The molecule has 1 aliphatic rings. The van der Waals surface area contributed by atoms with Crippen LogP contribution >= 0.6 is 0 Å². The summed E-state index contributed by atoms with van der Waals surface area (Å²) in [7, 11) is 0. The molecular weight excluding hydrogens is 247 g/mol. The fourth-order valence-corrected chi connectivity index (χ4v) is 1.72. The Kier molecular flexibility index (Phi) is 3.66. The van der Waals surface area contributed by atoms with E-state index in [-0.39, 0.29) is 25.0 Å². The Morgan fingerprint density at radius 2 is 1.88 bits per heavy atom. The van der Waals surface area contributed by atoms with Gasteiger partial charge in [0.05, 0.1) is 0 Å². The summed E-state index contributed by atoms with van der Waals surface area (Å²) in [5.74, 6) is -7.74. The molecule has 0 aromatic rings. The number of amides is 1. The van der Waals surface area contributed by atoms with Crippen LogP contribution in [0.4, 0.5) is 22.0 Å². The molecule has 1 saturated heterocycles. The number of nitrogens with zero attached hydrogens (tertiary/aromatic N) is 1. The summed E-state index contributed by atoms with van der Waals surface area (Å²) in [6.45, 7) is 1.36. The van der Waals surface area contributed by atoms with Crippen molar-refractivity contribution in [2.24, 2.45) is 11.7 Å². The highest BCUT2D eigenvalue weighted by Crippen LogP contribution is 2.38. The zero-order chi connectivity index (χ0) is 13.4. The summed E-state index contributed by atoms with van der Waals surface area (Å²) in [6, 6.07) is -0.340. The molecule has 0 aliphatic carbocycles. The van der Waals surface area contributed by atoms with Crippen molar-refractivity contribution in [1.82, 2.24) is 4.90 Å². The van der Waals surface area contributed by atoms with E-state index >= 15 is 0 Å². The van der Waals surface area contributed by atoms with Crippen LogP contribution in [0, 0.1) is 5.92 Å². The van der Waals surface area contributed by atoms with Gasteiger partial charge in [-0.2, -0.15) is 22.0 Å². The van der Waals surface area contributed by atoms with Crippen molar-refractivity contribution in [3.63, 3.8) is 0 Å². The number of likely N-dealkylation sites (tertiary alicyclic amines) is 1. The van der Waals surface area contributed by atoms with Crippen LogP contribution in [0.5, 0.6) is 0 Å². The summed E-state index contributed by atoms with van der Waals surface area (Å²) < 4.78 is 61.4. The van der Waals surface area contributed by atoms with Crippen molar-refractivity contribution >= 4 is 5.91 Å². The molecule has 0 spiro atoms. The number of nitrogens with two attached hydrogens (primary N) is 1. The molecule has 1 rings (SSSR count). The Morgan fingerprint density at radius 3 is 2.24 bits per heavy atom. The van der Waals surface area contributed by atoms with E-state index in [1.807, 2.05) is 0 Å². The Bertz CT molecular complexity index is 302. The highest BCUT2D eigenvalue weighted by molar-refractivity contribution is 5.84. The molecule has 1 fully saturated rings. The predicted octanol–water partition coefficient (Wildman–Crippen LogP) is 1.38. The molecule has 100 valence electrons. The molecule has 1 aliphatic heterocycles. The second kappa shape index (κ2) is 4.40. The number of rotatable bonds is 2. The predicted molar refractivity (Wildman–Crippen MR) is 49.3 cm³/mol. The fraction of sp³-hybridized carbons (Fsp3) is 0.889. The van der Waals surface area contributed by atoms with Crippen molar-refractivity contribution in [2.45, 2.75) is 31.5 Å². The van der Waals surface area contributed by atoms with Gasteiger partial charge in [-0.1, -0.05) is 0 Å². The topological polar surface area (TPSA) is 46.3 Å². The molecule has 2 unspecified atom stereocenters. The average Bonchev–Trinajstić information content (AvgIpc) is 2.63. The maximum Gasteiger partial charge on any atom is 0.463 e. The number of carbonyl (C=O) groups excluding carboxylic acids is 1. The molecule has 0 saturated carbocycles. The largest absolute Gasteiger partial charge is 0.463 e. The molecule has 17 heavy (non-hydrogen) atoms. The molecule has 0 bridgehead atoms. The van der Waals surface area contributed by atoms with Gasteiger partial charge in [0.1, 0.15) is 0 Å². The van der Waals surface area contributed by atoms with Crippen LogP contribution in [-0.4, -0.2) is 42.0 Å². The number of carbonyl (C=O) groups is 1. The van der Waals surface area contributed by atoms with Gasteiger partial charge in [0, 0.05) is 19.1 Å². The van der Waals surface area contributed by atoms with Gasteiger partial charge in [-0.25, -0.2) is 0 Å². The summed E-state index contributed by atoms with van der Waals surface area (Å²) in [5.41, 5.74) is 5.51. The van der Waals surface area contributed by atoms with Crippen LogP contribution in [0.2, 0.25) is 0 Å². The first kappa shape index (κ1) is 14.1. The lowest BCUT2D eigenvalue weighted by Gasteiger charge is -2.25. The second-order valence-electron chi connectivity index (χ2n) is 4.23. The first-order valence-corrected chi connectivity index (χ1v) is 5.07. The Labute approximate surface area is 94.7 Å². The third-order valence-electron chi connectivity index (χ3n) is 2.88. The van der Waals surface area contributed by atoms with Crippen molar-refractivity contribution in [2.75, 3.05) is 13.1 Å². The highest BCUT2D eigenvalue weighted by Gasteiger charge is 2.65. The van der Waals surface area contributed by atoms with Gasteiger partial charge in [0.2, 0.25) is 0 Å². The summed E-state index contributed by atoms with van der Waals surface area (Å²) in [6.07, 6.45) is -5.51. The summed E-state index contributed by atoms with van der Waals surface area (Å²) in [4.78, 5) is 11.6. The normalized spacial score (nSPS) is 23.9. The van der Waals surface area contributed by atoms with Crippen LogP contribution in [0.1, 0.15) is 13.3 Å². The molecule has 1 heterocycles. The lowest BCUT2D eigenvalue weighted by molar-refractivity contribution is -0.274. The third kappa shape index (κ3) is 2.67. The Morgan fingerprint density at radius 1 is 1.35 bits per heavy atom. The maximum absolute atomic E-state index is 12.8. The van der Waals surface area contributed by atoms with Crippen molar-refractivity contribution < 1.29 is 26.7 Å². The van der Waals surface area contributed by atoms with Gasteiger partial charge in [-0.3, -0.25) is 4.79 Å². The molecule has 2 atom stereocenters. The molecule has 0 aromatic heterocycles. The fourth-order valence-electron chi connectivity index (χ4n) is 1.72. The van der Waals surface area contributed by atoms with Gasteiger partial charge in [0.15, 0.2) is 0 Å². The van der Waals surface area contributed by atoms with E-state index in [2.05, 4.69) is 0 Å². The molecule has 0 radical (unpaired) electrons. The van der Waals surface area contributed by atoms with Crippen molar-refractivity contribution in [1.29, 1.82) is 0 Å². The van der Waals surface area contributed by atoms with E-state index in [0.29, 0.717) is 11.3 Å². The van der Waals surface area contributed by atoms with Gasteiger partial charge in [-0.15, -0.1) is 0 Å². The quantitative estimate of drug-likeness (QED) is 0.762. The maximum atomic E-state index is 12.8. The Balaban J connectivity index is 2.73. The number of alkyl halides is 5. The molecule has 8 heteroatoms. The molecular formula is C9H13F5N2O. The molecule has 0 aromatic carbocycles. The number of hydrogen-bond acceptors (Lipinski definition) is 2. The van der Waals surface area contributed by atoms with Crippen molar-refractivity contribution in [3.05, 3.63) is 0 Å². The van der Waals surface area contributed by atoms with Crippen molar-refractivity contribution in [3.8, 4) is 0 Å². The monoisotopic (exact) mass is 260 g/mol. The van der Waals surface area contributed by atoms with Crippen LogP contribution in [0.3, 0.4) is 0 Å². The summed E-state index contributed by atoms with van der Waals surface area (Å²) in [5, 5.41) is 0. The lowest BCUT2D eigenvalue weighted by Crippen LogP contribution is -2.51. The minimum atomic E-state index is -5.85. The first-order chi connectivity index (χ1) is 7.57. The van der Waals surface area contributed by atoms with E-state index in [0.717, 1.165) is 0 Å². The van der Waals surface area contributed by atoms with E-state index in [9.17, 15) is 26.7 Å². The van der Waals surface area contributed by atoms with Crippen LogP contribution in [0.25, 0.3) is 0 Å². The SMILES string of the molecule is CC(N)C1CCN(C(=O)C(F)(F)C(F)(F)F)C1. The second-order valence-corrected chi connectivity index (χ2v) is 4.23. The van der Waals surface area contributed by atoms with E-state index < -0.39 is 18.0 Å². The number of halogens is 5. The average molecular weight is 260 g/mol. The van der Waals surface area contributed by atoms with Crippen LogP contribution < -0.4 is 5.73 Å². The van der Waals surface area contributed by atoms with Gasteiger partial charge >= 0.3 is 18.0 Å². The molecule has 3 nitrogen and oxygen atoms in total. The number of hydrogen-bond donors (Lipinski definition) is 1. The molecule has 1 amide bonds. The minimum Gasteiger partial charge on any atom is -0.337 e. The van der Waals surface area contributed by atoms with E-state index in [4.69, 9.17) is 5.73 Å². The third-order valence-corrected chi connectivity index (χ3v) is 2.88. The lowest BCUT2D eigenvalue weighted by atomic mass is 10.0. The smallest absolute Gasteiger partial charge is 0.337 e. The van der Waals surface area contributed by atoms with Gasteiger partial charge < -0.3 is 10.6 Å². The van der Waals surface area contributed by atoms with Gasteiger partial charge in [-0.05, 0) is 19.3 Å². The standard InChI is InChI=1S/C9H13F5N2O/c1-5(15)6-2-3-16(4-6)7(17)8(10,11)9(12,13)14/h5-6H,2-4,15H2,1H3. The van der Waals surface area contributed by atoms with Crippen LogP contribution in [-0.2, 0) is 4.79 Å². The van der Waals surface area contributed by atoms with E-state index in [1.54, 1.807) is 6.92 Å². The van der Waals surface area contributed by atoms with E-state index in [1.165, 1.54) is 0 Å². The first-order valence-electron chi connectivity index (χ1n) is 5.07.